The predicted molar refractivity (Wildman–Crippen MR) is 76.4 cm³/mol. The Hall–Kier alpha value is -1.63. The third-order valence-corrected chi connectivity index (χ3v) is 2.98. The van der Waals surface area contributed by atoms with Crippen LogP contribution in [0, 0.1) is 0 Å². The summed E-state index contributed by atoms with van der Waals surface area (Å²) in [5.41, 5.74) is 0. The van der Waals surface area contributed by atoms with Crippen molar-refractivity contribution in [3.05, 3.63) is 0 Å². The van der Waals surface area contributed by atoms with Crippen molar-refractivity contribution >= 4 is 17.8 Å². The Labute approximate surface area is 119 Å². The van der Waals surface area contributed by atoms with Gasteiger partial charge in [0.25, 0.3) is 0 Å². The topological polar surface area (TPSA) is 83.0 Å². The van der Waals surface area contributed by atoms with Crippen LogP contribution in [0.5, 0.6) is 0 Å². The zero-order chi connectivity index (χ0) is 14.8. The van der Waals surface area contributed by atoms with E-state index in [1.165, 1.54) is 4.90 Å². The number of imide groups is 1. The lowest BCUT2D eigenvalue weighted by Crippen LogP contribution is -2.46. The number of carbonyl (C=O) groups excluding carboxylic acids is 2. The van der Waals surface area contributed by atoms with E-state index in [4.69, 9.17) is 4.74 Å². The number of nitrogens with zero attached hydrogens (tertiary/aromatic N) is 2. The van der Waals surface area contributed by atoms with E-state index < -0.39 is 0 Å². The van der Waals surface area contributed by atoms with E-state index >= 15 is 0 Å². The van der Waals surface area contributed by atoms with Crippen LogP contribution in [0.4, 0.5) is 0 Å². The van der Waals surface area contributed by atoms with Gasteiger partial charge in [0.15, 0.2) is 5.96 Å². The highest BCUT2D eigenvalue weighted by atomic mass is 16.5. The van der Waals surface area contributed by atoms with Gasteiger partial charge in [-0.15, -0.1) is 0 Å². The Morgan fingerprint density at radius 1 is 1.25 bits per heavy atom. The number of guanidine groups is 1. The van der Waals surface area contributed by atoms with Crippen LogP contribution in [-0.4, -0.2) is 62.6 Å². The lowest BCUT2D eigenvalue weighted by atomic mass is 10.1. The highest BCUT2D eigenvalue weighted by molar-refractivity contribution is 5.97. The van der Waals surface area contributed by atoms with Crippen LogP contribution in [0.3, 0.4) is 0 Å². The molecule has 1 aliphatic rings. The summed E-state index contributed by atoms with van der Waals surface area (Å²) in [7, 11) is 1.67. The minimum absolute atomic E-state index is 0.0812. The third kappa shape index (κ3) is 5.56. The maximum atomic E-state index is 11.6. The molecule has 0 aromatic carbocycles. The summed E-state index contributed by atoms with van der Waals surface area (Å²) in [4.78, 5) is 28.6. The molecular formula is C13H24N4O3. The number of rotatable bonds is 7. The molecule has 0 bridgehead atoms. The first-order chi connectivity index (χ1) is 9.69. The molecule has 1 rings (SSSR count). The van der Waals surface area contributed by atoms with E-state index in [2.05, 4.69) is 15.6 Å². The van der Waals surface area contributed by atoms with Gasteiger partial charge in [0.1, 0.15) is 0 Å². The lowest BCUT2D eigenvalue weighted by molar-refractivity contribution is -0.147. The van der Waals surface area contributed by atoms with Gasteiger partial charge in [-0.2, -0.15) is 0 Å². The Morgan fingerprint density at radius 2 is 1.90 bits per heavy atom. The summed E-state index contributed by atoms with van der Waals surface area (Å²) in [6, 6.07) is 0. The van der Waals surface area contributed by atoms with Crippen LogP contribution in [0.25, 0.3) is 0 Å². The van der Waals surface area contributed by atoms with Crippen molar-refractivity contribution in [2.75, 3.05) is 39.9 Å². The second-order valence-electron chi connectivity index (χ2n) is 4.42. The first-order valence-corrected chi connectivity index (χ1v) is 7.04. The van der Waals surface area contributed by atoms with E-state index in [-0.39, 0.29) is 11.8 Å². The van der Waals surface area contributed by atoms with Crippen molar-refractivity contribution in [2.45, 2.75) is 26.2 Å². The number of hydrogen-bond donors (Lipinski definition) is 2. The van der Waals surface area contributed by atoms with Gasteiger partial charge >= 0.3 is 0 Å². The van der Waals surface area contributed by atoms with Crippen LogP contribution in [0.1, 0.15) is 26.2 Å². The van der Waals surface area contributed by atoms with E-state index in [1.807, 2.05) is 6.92 Å². The Bertz CT molecular complexity index is 342. The van der Waals surface area contributed by atoms with Crippen molar-refractivity contribution in [1.29, 1.82) is 0 Å². The molecule has 1 fully saturated rings. The SMILES string of the molecule is CCOCCNC(=NC)NCCN1C(=O)CCCC1=O. The molecule has 0 aromatic rings. The fourth-order valence-corrected chi connectivity index (χ4v) is 1.94. The monoisotopic (exact) mass is 284 g/mol. The molecule has 1 heterocycles. The highest BCUT2D eigenvalue weighted by Crippen LogP contribution is 2.11. The molecule has 0 radical (unpaired) electrons. The van der Waals surface area contributed by atoms with Gasteiger partial charge in [-0.1, -0.05) is 0 Å². The molecule has 1 aliphatic heterocycles. The first-order valence-electron chi connectivity index (χ1n) is 7.04. The number of piperidine rings is 1. The van der Waals surface area contributed by atoms with Crippen molar-refractivity contribution in [3.8, 4) is 0 Å². The number of aliphatic imine (C=N–C) groups is 1. The highest BCUT2D eigenvalue weighted by Gasteiger charge is 2.25. The largest absolute Gasteiger partial charge is 0.380 e. The average Bonchev–Trinajstić information content (AvgIpc) is 2.44. The molecule has 1 saturated heterocycles. The van der Waals surface area contributed by atoms with Gasteiger partial charge < -0.3 is 15.4 Å². The minimum Gasteiger partial charge on any atom is -0.380 e. The van der Waals surface area contributed by atoms with Crippen LogP contribution < -0.4 is 10.6 Å². The molecule has 0 saturated carbocycles. The maximum absolute atomic E-state index is 11.6. The van der Waals surface area contributed by atoms with Gasteiger partial charge in [-0.05, 0) is 13.3 Å². The van der Waals surface area contributed by atoms with Crippen molar-refractivity contribution in [3.63, 3.8) is 0 Å². The number of nitrogens with one attached hydrogen (secondary N) is 2. The fraction of sp³-hybridized carbons (Fsp3) is 0.769. The van der Waals surface area contributed by atoms with Gasteiger partial charge in [-0.3, -0.25) is 19.5 Å². The Balaban J connectivity index is 2.23. The van der Waals surface area contributed by atoms with Crippen LogP contribution in [0.2, 0.25) is 0 Å². The van der Waals surface area contributed by atoms with Gasteiger partial charge in [0.2, 0.25) is 11.8 Å². The smallest absolute Gasteiger partial charge is 0.229 e. The van der Waals surface area contributed by atoms with Gasteiger partial charge in [0.05, 0.1) is 6.61 Å². The fourth-order valence-electron chi connectivity index (χ4n) is 1.94. The lowest BCUT2D eigenvalue weighted by Gasteiger charge is -2.25. The number of carbonyl (C=O) groups is 2. The van der Waals surface area contributed by atoms with Crippen LogP contribution in [-0.2, 0) is 14.3 Å². The second kappa shape index (κ2) is 9.30. The molecule has 7 nitrogen and oxygen atoms in total. The molecular weight excluding hydrogens is 260 g/mol. The third-order valence-electron chi connectivity index (χ3n) is 2.98. The molecule has 0 atom stereocenters. The van der Waals surface area contributed by atoms with Crippen LogP contribution in [0.15, 0.2) is 4.99 Å². The average molecular weight is 284 g/mol. The number of hydrogen-bond acceptors (Lipinski definition) is 4. The Morgan fingerprint density at radius 3 is 2.50 bits per heavy atom. The normalized spacial score (nSPS) is 16.5. The minimum atomic E-state index is -0.0812. The number of ether oxygens (including phenoxy) is 1. The molecule has 0 aliphatic carbocycles. The molecule has 2 N–H and O–H groups in total. The van der Waals surface area contributed by atoms with Crippen molar-refractivity contribution < 1.29 is 14.3 Å². The van der Waals surface area contributed by atoms with Crippen molar-refractivity contribution in [1.82, 2.24) is 15.5 Å². The molecule has 20 heavy (non-hydrogen) atoms. The zero-order valence-electron chi connectivity index (χ0n) is 12.3. The quantitative estimate of drug-likeness (QED) is 0.291. The molecule has 7 heteroatoms. The summed E-state index contributed by atoms with van der Waals surface area (Å²) in [6.07, 6.45) is 1.60. The standard InChI is InChI=1S/C13H24N4O3/c1-3-20-10-8-16-13(14-2)15-7-9-17-11(18)5-4-6-12(17)19/h3-10H2,1-2H3,(H2,14,15,16). The maximum Gasteiger partial charge on any atom is 0.229 e. The molecule has 2 amide bonds. The Kier molecular flexibility index (Phi) is 7.64. The summed E-state index contributed by atoms with van der Waals surface area (Å²) in [5.74, 6) is 0.478. The van der Waals surface area contributed by atoms with E-state index in [0.29, 0.717) is 58.1 Å². The van der Waals surface area contributed by atoms with Gasteiger partial charge in [-0.25, -0.2) is 0 Å². The predicted octanol–water partition coefficient (Wildman–Crippen LogP) is -0.273. The molecule has 0 spiro atoms. The zero-order valence-corrected chi connectivity index (χ0v) is 12.3. The molecule has 114 valence electrons. The first kappa shape index (κ1) is 16.4. The van der Waals surface area contributed by atoms with Crippen LogP contribution >= 0.6 is 0 Å². The summed E-state index contributed by atoms with van der Waals surface area (Å²) >= 11 is 0. The summed E-state index contributed by atoms with van der Waals surface area (Å²) < 4.78 is 5.21. The van der Waals surface area contributed by atoms with E-state index in [9.17, 15) is 9.59 Å². The number of likely N-dealkylation sites (tertiary alicyclic amines) is 1. The number of amides is 2. The molecule has 0 aromatic heterocycles. The summed E-state index contributed by atoms with van der Waals surface area (Å²) in [6.45, 7) is 4.78. The van der Waals surface area contributed by atoms with E-state index in [1.54, 1.807) is 7.05 Å². The van der Waals surface area contributed by atoms with Crippen molar-refractivity contribution in [2.24, 2.45) is 4.99 Å². The van der Waals surface area contributed by atoms with Gasteiger partial charge in [0, 0.05) is 46.1 Å². The molecule has 0 unspecified atom stereocenters. The van der Waals surface area contributed by atoms with E-state index in [0.717, 1.165) is 0 Å². The second-order valence-corrected chi connectivity index (χ2v) is 4.42. The summed E-state index contributed by atoms with van der Waals surface area (Å²) in [5, 5.41) is 6.16.